The molecule has 0 bridgehead atoms. The molecule has 1 radical (unpaired) electrons. The second kappa shape index (κ2) is 7.71. The minimum atomic E-state index is -2.31. The quantitative estimate of drug-likeness (QED) is 0.277. The second-order valence-electron chi connectivity index (χ2n) is 3.78. The van der Waals surface area contributed by atoms with Crippen LogP contribution in [0, 0.1) is 29.1 Å². The van der Waals surface area contributed by atoms with Gasteiger partial charge < -0.3 is 26.9 Å². The van der Waals surface area contributed by atoms with Crippen molar-refractivity contribution < 1.29 is 65.9 Å². The van der Waals surface area contributed by atoms with Crippen molar-refractivity contribution in [2.75, 3.05) is 0 Å². The van der Waals surface area contributed by atoms with Gasteiger partial charge in [-0.1, -0.05) is 24.3 Å². The topological polar surface area (TPSA) is 40.1 Å². The molecule has 9 heteroatoms. The van der Waals surface area contributed by atoms with Crippen LogP contribution in [0.1, 0.15) is 10.4 Å². The van der Waals surface area contributed by atoms with Crippen molar-refractivity contribution in [3.05, 3.63) is 58.9 Å². The summed E-state index contributed by atoms with van der Waals surface area (Å²) < 4.78 is 66.3. The Labute approximate surface area is 142 Å². The van der Waals surface area contributed by atoms with Gasteiger partial charge in [0.1, 0.15) is 0 Å². The molecule has 0 saturated heterocycles. The molecule has 0 spiro atoms. The summed E-state index contributed by atoms with van der Waals surface area (Å²) in [6.45, 7) is 0. The minimum absolute atomic E-state index is 0. The summed E-state index contributed by atoms with van der Waals surface area (Å²) in [5.41, 5.74) is -2.64. The third-order valence-electron chi connectivity index (χ3n) is 2.63. The van der Waals surface area contributed by atoms with E-state index in [-0.39, 0.29) is 34.1 Å². The van der Waals surface area contributed by atoms with Gasteiger partial charge in [0.05, 0.1) is 11.5 Å². The molecule has 2 aromatic rings. The van der Waals surface area contributed by atoms with Gasteiger partial charge in [0, 0.05) is 5.56 Å². The van der Waals surface area contributed by atoms with Crippen LogP contribution in [-0.2, 0) is 17.1 Å². The molecule has 0 atom stereocenters. The summed E-state index contributed by atoms with van der Waals surface area (Å²) in [5, 5.41) is 10.8. The first-order chi connectivity index (χ1) is 9.36. The zero-order chi connectivity index (χ0) is 15.0. The van der Waals surface area contributed by atoms with E-state index < -0.39 is 51.7 Å². The molecule has 0 unspecified atom stereocenters. The number of halogens is 6. The molecule has 0 aliphatic rings. The molecular formula is C13H4BrCuF5O2. The normalized spacial score (nSPS) is 9.68. The van der Waals surface area contributed by atoms with Crippen molar-refractivity contribution in [2.24, 2.45) is 0 Å². The fraction of sp³-hybridized carbons (Fsp3) is 0. The van der Waals surface area contributed by atoms with Gasteiger partial charge in [-0.3, -0.25) is 0 Å². The zero-order valence-electron chi connectivity index (χ0n) is 10.2. The van der Waals surface area contributed by atoms with Crippen LogP contribution in [-0.4, -0.2) is 5.97 Å². The van der Waals surface area contributed by atoms with Crippen LogP contribution in [0.4, 0.5) is 22.0 Å². The molecule has 2 aromatic carbocycles. The van der Waals surface area contributed by atoms with Gasteiger partial charge in [0.15, 0.2) is 23.3 Å². The van der Waals surface area contributed by atoms with E-state index in [0.717, 1.165) is 12.1 Å². The SMILES string of the molecule is O=C([O-])c1ccccc1-c1c(F)c(F)c(F)c(F)c1F.[Br-].[Cu+2]. The third kappa shape index (κ3) is 3.31. The number of aromatic carboxylic acids is 1. The van der Waals surface area contributed by atoms with Gasteiger partial charge in [0.25, 0.3) is 0 Å². The zero-order valence-corrected chi connectivity index (χ0v) is 12.7. The molecular weight excluding hydrogens is 427 g/mol. The van der Waals surface area contributed by atoms with Crippen LogP contribution >= 0.6 is 0 Å². The Morgan fingerprint density at radius 1 is 0.818 bits per heavy atom. The number of carbonyl (C=O) groups is 1. The third-order valence-corrected chi connectivity index (χ3v) is 2.63. The molecule has 0 aromatic heterocycles. The molecule has 0 N–H and O–H groups in total. The number of rotatable bonds is 2. The summed E-state index contributed by atoms with van der Waals surface area (Å²) in [7, 11) is 0. The molecule has 0 saturated carbocycles. The van der Waals surface area contributed by atoms with Gasteiger partial charge in [-0.25, -0.2) is 22.0 Å². The fourth-order valence-corrected chi connectivity index (χ4v) is 1.72. The number of hydrogen-bond donors (Lipinski definition) is 0. The predicted molar refractivity (Wildman–Crippen MR) is 56.0 cm³/mol. The molecule has 0 heterocycles. The van der Waals surface area contributed by atoms with Crippen LogP contribution in [0.3, 0.4) is 0 Å². The first-order valence-electron chi connectivity index (χ1n) is 5.18. The van der Waals surface area contributed by atoms with E-state index in [0.29, 0.717) is 0 Å². The van der Waals surface area contributed by atoms with Gasteiger partial charge in [-0.05, 0) is 5.56 Å². The summed E-state index contributed by atoms with van der Waals surface area (Å²) in [5.74, 6) is -12.6. The van der Waals surface area contributed by atoms with Crippen molar-refractivity contribution in [1.29, 1.82) is 0 Å². The van der Waals surface area contributed by atoms with E-state index in [4.69, 9.17) is 0 Å². The van der Waals surface area contributed by atoms with E-state index in [1.165, 1.54) is 12.1 Å². The van der Waals surface area contributed by atoms with Crippen molar-refractivity contribution >= 4 is 5.97 Å². The van der Waals surface area contributed by atoms with Gasteiger partial charge in [0.2, 0.25) is 5.82 Å². The van der Waals surface area contributed by atoms with E-state index in [1.807, 2.05) is 0 Å². The molecule has 22 heavy (non-hydrogen) atoms. The summed E-state index contributed by atoms with van der Waals surface area (Å²) >= 11 is 0. The predicted octanol–water partition coefficient (Wildman–Crippen LogP) is -0.586. The fourth-order valence-electron chi connectivity index (χ4n) is 1.72. The van der Waals surface area contributed by atoms with E-state index in [1.54, 1.807) is 0 Å². The van der Waals surface area contributed by atoms with Crippen LogP contribution in [0.25, 0.3) is 11.1 Å². The number of carbonyl (C=O) groups excluding carboxylic acids is 1. The summed E-state index contributed by atoms with van der Waals surface area (Å²) in [6, 6.07) is 4.27. The monoisotopic (exact) mass is 429 g/mol. The van der Waals surface area contributed by atoms with Crippen LogP contribution < -0.4 is 22.1 Å². The average molecular weight is 431 g/mol. The van der Waals surface area contributed by atoms with Crippen LogP contribution in [0.15, 0.2) is 24.3 Å². The van der Waals surface area contributed by atoms with Crippen molar-refractivity contribution in [1.82, 2.24) is 0 Å². The Morgan fingerprint density at radius 3 is 1.68 bits per heavy atom. The minimum Gasteiger partial charge on any atom is -1.00 e. The molecule has 0 aliphatic carbocycles. The van der Waals surface area contributed by atoms with E-state index in [9.17, 15) is 31.9 Å². The second-order valence-corrected chi connectivity index (χ2v) is 3.78. The molecule has 2 nitrogen and oxygen atoms in total. The standard InChI is InChI=1S/C13H5F5O2.BrH.Cu/c14-8-7(9(15)11(17)12(18)10(8)16)5-3-1-2-4-6(5)13(19)20;;/h1-4H,(H,19,20);1H;/q;;+2/p-2. The van der Waals surface area contributed by atoms with Crippen molar-refractivity contribution in [3.63, 3.8) is 0 Å². The van der Waals surface area contributed by atoms with Crippen molar-refractivity contribution in [2.45, 2.75) is 0 Å². The summed E-state index contributed by atoms with van der Waals surface area (Å²) in [4.78, 5) is 10.8. The number of hydrogen-bond acceptors (Lipinski definition) is 2. The van der Waals surface area contributed by atoms with Gasteiger partial charge in [-0.2, -0.15) is 0 Å². The van der Waals surface area contributed by atoms with Crippen LogP contribution in [0.5, 0.6) is 0 Å². The first-order valence-corrected chi connectivity index (χ1v) is 5.18. The molecule has 0 aliphatic heterocycles. The summed E-state index contributed by atoms with van der Waals surface area (Å²) in [6.07, 6.45) is 0. The number of carboxylic acids is 1. The molecule has 121 valence electrons. The Bertz CT molecular complexity index is 695. The molecule has 0 fully saturated rings. The Hall–Kier alpha value is -1.44. The molecule has 2 rings (SSSR count). The van der Waals surface area contributed by atoms with E-state index >= 15 is 0 Å². The smallest absolute Gasteiger partial charge is 1.00 e. The molecule has 0 amide bonds. The Morgan fingerprint density at radius 2 is 1.23 bits per heavy atom. The van der Waals surface area contributed by atoms with E-state index in [2.05, 4.69) is 0 Å². The maximum Gasteiger partial charge on any atom is 2.00 e. The van der Waals surface area contributed by atoms with Gasteiger partial charge in [-0.15, -0.1) is 0 Å². The Balaban J connectivity index is 0.00000220. The van der Waals surface area contributed by atoms with Crippen molar-refractivity contribution in [3.8, 4) is 11.1 Å². The number of benzene rings is 2. The van der Waals surface area contributed by atoms with Crippen LogP contribution in [0.2, 0.25) is 0 Å². The Kier molecular flexibility index (Phi) is 7.21. The van der Waals surface area contributed by atoms with Gasteiger partial charge >= 0.3 is 17.1 Å². The first kappa shape index (κ1) is 20.6. The number of carboxylic acid groups (broad SMARTS) is 1. The maximum atomic E-state index is 13.6. The maximum absolute atomic E-state index is 13.6. The average Bonchev–Trinajstić information content (AvgIpc) is 2.43. The largest absolute Gasteiger partial charge is 2.00 e.